The molecule has 2 aliphatic rings. The van der Waals surface area contributed by atoms with Crippen molar-refractivity contribution in [3.8, 4) is 5.75 Å². The number of hydrogen-bond donors (Lipinski definition) is 0. The molecule has 3 heterocycles. The van der Waals surface area contributed by atoms with Gasteiger partial charge in [-0.15, -0.1) is 18.3 Å². The number of tetrazole rings is 1. The largest absolute Gasteiger partial charge is 0.573 e. The Bertz CT molecular complexity index is 851. The van der Waals surface area contributed by atoms with Gasteiger partial charge in [-0.05, 0) is 47.4 Å². The number of alkyl halides is 3. The molecule has 2 aliphatic heterocycles. The fraction of sp³-hybridized carbons (Fsp3) is 0.600. The lowest BCUT2D eigenvalue weighted by molar-refractivity contribution is -0.274. The molecular weight excluding hydrogens is 413 g/mol. The topological polar surface area (TPSA) is 76.4 Å². The summed E-state index contributed by atoms with van der Waals surface area (Å²) in [5, 5.41) is 11.4. The van der Waals surface area contributed by atoms with Gasteiger partial charge in [-0.3, -0.25) is 9.69 Å². The lowest BCUT2D eigenvalue weighted by atomic mass is 10.1. The van der Waals surface area contributed by atoms with Crippen LogP contribution in [-0.4, -0.2) is 68.0 Å². The Morgan fingerprint density at radius 3 is 2.42 bits per heavy atom. The summed E-state index contributed by atoms with van der Waals surface area (Å²) >= 11 is 0. The van der Waals surface area contributed by atoms with Crippen molar-refractivity contribution < 1.29 is 22.7 Å². The Balaban J connectivity index is 1.49. The van der Waals surface area contributed by atoms with E-state index in [9.17, 15) is 18.0 Å². The van der Waals surface area contributed by atoms with Crippen LogP contribution in [0.15, 0.2) is 30.6 Å². The van der Waals surface area contributed by atoms with Crippen molar-refractivity contribution in [1.82, 2.24) is 30.0 Å². The van der Waals surface area contributed by atoms with E-state index in [4.69, 9.17) is 0 Å². The predicted octanol–water partition coefficient (Wildman–Crippen LogP) is 2.79. The lowest BCUT2D eigenvalue weighted by Crippen LogP contribution is -2.45. The molecule has 0 aliphatic carbocycles. The van der Waals surface area contributed by atoms with Gasteiger partial charge in [-0.2, -0.15) is 0 Å². The highest BCUT2D eigenvalue weighted by atomic mass is 19.4. The van der Waals surface area contributed by atoms with Crippen LogP contribution < -0.4 is 4.74 Å². The van der Waals surface area contributed by atoms with Crippen LogP contribution in [0.3, 0.4) is 0 Å². The Morgan fingerprint density at radius 2 is 1.81 bits per heavy atom. The molecule has 0 radical (unpaired) electrons. The van der Waals surface area contributed by atoms with Gasteiger partial charge in [0.15, 0.2) is 0 Å². The molecule has 2 fully saturated rings. The average Bonchev–Trinajstić information content (AvgIpc) is 3.31. The van der Waals surface area contributed by atoms with Gasteiger partial charge in [0, 0.05) is 26.2 Å². The monoisotopic (exact) mass is 438 g/mol. The van der Waals surface area contributed by atoms with E-state index in [-0.39, 0.29) is 23.7 Å². The molecule has 168 valence electrons. The minimum atomic E-state index is -4.72. The fourth-order valence-corrected chi connectivity index (χ4v) is 4.37. The van der Waals surface area contributed by atoms with Gasteiger partial charge in [0.05, 0.1) is 12.1 Å². The first kappa shape index (κ1) is 21.5. The normalized spacial score (nSPS) is 23.0. The zero-order valence-corrected chi connectivity index (χ0v) is 17.0. The van der Waals surface area contributed by atoms with Crippen LogP contribution in [0, 0.1) is 0 Å². The van der Waals surface area contributed by atoms with E-state index in [0.29, 0.717) is 19.5 Å². The molecule has 2 atom stereocenters. The maximum absolute atomic E-state index is 13.4. The summed E-state index contributed by atoms with van der Waals surface area (Å²) < 4.78 is 42.8. The first-order valence-corrected chi connectivity index (χ1v) is 10.5. The van der Waals surface area contributed by atoms with Crippen molar-refractivity contribution in [2.75, 3.05) is 19.6 Å². The first-order chi connectivity index (χ1) is 14.9. The van der Waals surface area contributed by atoms with E-state index in [2.05, 4.69) is 25.2 Å². The molecule has 4 rings (SSSR count). The standard InChI is InChI=1S/C20H25F3N6O2/c21-20(22,23)31-17-7-5-15(6-8-17)12-28-13-16(29-14-24-25-26-29)11-18(28)19(30)27-9-3-1-2-4-10-27/h5-8,14,16,18H,1-4,9-13H2/t16-,18+/m1/s1. The van der Waals surface area contributed by atoms with Crippen LogP contribution in [0.2, 0.25) is 0 Å². The third kappa shape index (κ3) is 5.52. The summed E-state index contributed by atoms with van der Waals surface area (Å²) in [5.74, 6) is -0.157. The number of benzene rings is 1. The number of hydrogen-bond acceptors (Lipinski definition) is 6. The Morgan fingerprint density at radius 1 is 1.10 bits per heavy atom. The van der Waals surface area contributed by atoms with Crippen molar-refractivity contribution in [2.24, 2.45) is 0 Å². The number of carbonyl (C=O) groups excluding carboxylic acids is 1. The molecule has 0 bridgehead atoms. The Labute approximate surface area is 177 Å². The molecule has 1 aromatic carbocycles. The van der Waals surface area contributed by atoms with Crippen molar-refractivity contribution in [1.29, 1.82) is 0 Å². The molecule has 0 spiro atoms. The molecule has 2 aromatic rings. The van der Waals surface area contributed by atoms with Gasteiger partial charge in [-0.1, -0.05) is 25.0 Å². The van der Waals surface area contributed by atoms with E-state index in [1.807, 2.05) is 4.90 Å². The molecule has 0 N–H and O–H groups in total. The van der Waals surface area contributed by atoms with E-state index < -0.39 is 6.36 Å². The molecular formula is C20H25F3N6O2. The minimum Gasteiger partial charge on any atom is -0.406 e. The second-order valence-corrected chi connectivity index (χ2v) is 8.06. The summed E-state index contributed by atoms with van der Waals surface area (Å²) in [6.07, 6.45) is 1.71. The zero-order chi connectivity index (χ0) is 21.8. The fourth-order valence-electron chi connectivity index (χ4n) is 4.37. The number of halogens is 3. The summed E-state index contributed by atoms with van der Waals surface area (Å²) in [4.78, 5) is 17.4. The zero-order valence-electron chi connectivity index (χ0n) is 17.0. The predicted molar refractivity (Wildman–Crippen MR) is 104 cm³/mol. The highest BCUT2D eigenvalue weighted by Crippen LogP contribution is 2.31. The number of aromatic nitrogens is 4. The van der Waals surface area contributed by atoms with Crippen molar-refractivity contribution in [2.45, 2.75) is 57.1 Å². The van der Waals surface area contributed by atoms with Gasteiger partial charge >= 0.3 is 6.36 Å². The number of likely N-dealkylation sites (tertiary alicyclic amines) is 2. The second-order valence-electron chi connectivity index (χ2n) is 8.06. The van der Waals surface area contributed by atoms with Crippen LogP contribution in [0.5, 0.6) is 5.75 Å². The van der Waals surface area contributed by atoms with Gasteiger partial charge < -0.3 is 9.64 Å². The molecule has 1 aromatic heterocycles. The summed E-state index contributed by atoms with van der Waals surface area (Å²) in [6, 6.07) is 5.42. The lowest BCUT2D eigenvalue weighted by Gasteiger charge is -2.29. The number of carbonyl (C=O) groups is 1. The van der Waals surface area contributed by atoms with Crippen LogP contribution in [0.1, 0.15) is 43.7 Å². The maximum atomic E-state index is 13.4. The van der Waals surface area contributed by atoms with Gasteiger partial charge in [0.2, 0.25) is 5.91 Å². The Kier molecular flexibility index (Phi) is 6.40. The number of amides is 1. The summed E-state index contributed by atoms with van der Waals surface area (Å²) in [7, 11) is 0. The smallest absolute Gasteiger partial charge is 0.406 e. The van der Waals surface area contributed by atoms with Crippen LogP contribution >= 0.6 is 0 Å². The van der Waals surface area contributed by atoms with Gasteiger partial charge in [-0.25, -0.2) is 4.68 Å². The van der Waals surface area contributed by atoms with Crippen LogP contribution in [0.25, 0.3) is 0 Å². The van der Waals surface area contributed by atoms with Crippen molar-refractivity contribution >= 4 is 5.91 Å². The molecule has 0 unspecified atom stereocenters. The summed E-state index contributed by atoms with van der Waals surface area (Å²) in [5.41, 5.74) is 0.806. The third-order valence-electron chi connectivity index (χ3n) is 5.87. The van der Waals surface area contributed by atoms with Crippen molar-refractivity contribution in [3.05, 3.63) is 36.2 Å². The van der Waals surface area contributed by atoms with E-state index in [1.54, 1.807) is 23.1 Å². The number of ether oxygens (including phenoxy) is 1. The molecule has 2 saturated heterocycles. The highest BCUT2D eigenvalue weighted by Gasteiger charge is 2.40. The maximum Gasteiger partial charge on any atom is 0.573 e. The van der Waals surface area contributed by atoms with Crippen LogP contribution in [0.4, 0.5) is 13.2 Å². The van der Waals surface area contributed by atoms with Gasteiger partial charge in [0.1, 0.15) is 12.1 Å². The van der Waals surface area contributed by atoms with Crippen molar-refractivity contribution in [3.63, 3.8) is 0 Å². The molecule has 11 heteroatoms. The average molecular weight is 438 g/mol. The molecule has 8 nitrogen and oxygen atoms in total. The van der Waals surface area contributed by atoms with E-state index in [0.717, 1.165) is 44.3 Å². The minimum absolute atomic E-state index is 0.0382. The van der Waals surface area contributed by atoms with Crippen LogP contribution in [-0.2, 0) is 11.3 Å². The number of nitrogens with zero attached hydrogens (tertiary/aromatic N) is 6. The quantitative estimate of drug-likeness (QED) is 0.715. The molecule has 1 amide bonds. The van der Waals surface area contributed by atoms with E-state index in [1.165, 1.54) is 12.1 Å². The Hall–Kier alpha value is -2.69. The molecule has 31 heavy (non-hydrogen) atoms. The summed E-state index contributed by atoms with van der Waals surface area (Å²) in [6.45, 7) is 2.55. The first-order valence-electron chi connectivity index (χ1n) is 10.5. The highest BCUT2D eigenvalue weighted by molar-refractivity contribution is 5.82. The third-order valence-corrected chi connectivity index (χ3v) is 5.87. The van der Waals surface area contributed by atoms with E-state index >= 15 is 0 Å². The SMILES string of the molecule is O=C([C@@H]1C[C@@H](n2cnnn2)CN1Cc1ccc(OC(F)(F)F)cc1)N1CCCCCC1. The van der Waals surface area contributed by atoms with Gasteiger partial charge in [0.25, 0.3) is 0 Å². The second kappa shape index (κ2) is 9.21. The number of rotatable bonds is 5. The molecule has 0 saturated carbocycles.